The molecule has 0 aliphatic carbocycles. The minimum absolute atomic E-state index is 0.00229. The number of aromatic nitrogens is 1. The van der Waals surface area contributed by atoms with Crippen molar-refractivity contribution in [1.29, 1.82) is 0 Å². The molecule has 0 saturated carbocycles. The normalized spacial score (nSPS) is 11.0. The number of rotatable bonds is 2. The van der Waals surface area contributed by atoms with Crippen molar-refractivity contribution in [2.45, 2.75) is 0 Å². The molecule has 0 aliphatic rings. The van der Waals surface area contributed by atoms with E-state index in [0.29, 0.717) is 20.0 Å². The van der Waals surface area contributed by atoms with Crippen LogP contribution in [0.25, 0.3) is 22.2 Å². The number of fused-ring (bicyclic) bond motifs is 1. The van der Waals surface area contributed by atoms with Crippen LogP contribution < -0.4 is 0 Å². The molecule has 2 heterocycles. The molecule has 3 nitrogen and oxygen atoms in total. The highest BCUT2D eigenvalue weighted by molar-refractivity contribution is 9.10. The van der Waals surface area contributed by atoms with Crippen molar-refractivity contribution in [3.8, 4) is 11.3 Å². The van der Waals surface area contributed by atoms with Crippen molar-refractivity contribution >= 4 is 55.7 Å². The number of carbonyl (C=O) groups is 1. The molecule has 0 radical (unpaired) electrons. The van der Waals surface area contributed by atoms with Crippen LogP contribution in [0.15, 0.2) is 34.1 Å². The standard InChI is InChI=1S/C14H6BrClFNO2S/c15-10-3-7(17)2-8-9(14(19)20)4-11(18-13(8)10)6-1-12(16)21-5-6/h1-5H,(H,19,20). The lowest BCUT2D eigenvalue weighted by atomic mass is 10.1. The van der Waals surface area contributed by atoms with E-state index in [4.69, 9.17) is 11.6 Å². The SMILES string of the molecule is O=C(O)c1cc(-c2csc(Cl)c2)nc2c(Br)cc(F)cc12. The maximum absolute atomic E-state index is 13.5. The van der Waals surface area contributed by atoms with Gasteiger partial charge in [-0.2, -0.15) is 0 Å². The summed E-state index contributed by atoms with van der Waals surface area (Å²) < 4.78 is 14.5. The van der Waals surface area contributed by atoms with Crippen LogP contribution in [-0.2, 0) is 0 Å². The van der Waals surface area contributed by atoms with Crippen LogP contribution in [0.2, 0.25) is 4.34 Å². The van der Waals surface area contributed by atoms with Crippen LogP contribution in [0.5, 0.6) is 0 Å². The van der Waals surface area contributed by atoms with Crippen LogP contribution in [-0.4, -0.2) is 16.1 Å². The Morgan fingerprint density at radius 3 is 2.71 bits per heavy atom. The summed E-state index contributed by atoms with van der Waals surface area (Å²) in [5.74, 6) is -1.66. The second-order valence-corrected chi connectivity index (χ2v) is 6.68. The largest absolute Gasteiger partial charge is 0.478 e. The van der Waals surface area contributed by atoms with Gasteiger partial charge in [0.15, 0.2) is 0 Å². The maximum Gasteiger partial charge on any atom is 0.336 e. The van der Waals surface area contributed by atoms with E-state index in [-0.39, 0.29) is 10.9 Å². The minimum Gasteiger partial charge on any atom is -0.478 e. The van der Waals surface area contributed by atoms with Crippen molar-refractivity contribution in [2.24, 2.45) is 0 Å². The third-order valence-electron chi connectivity index (χ3n) is 2.93. The molecule has 0 bridgehead atoms. The molecule has 3 aromatic rings. The first-order valence-corrected chi connectivity index (χ1v) is 7.78. The Balaban J connectivity index is 2.37. The van der Waals surface area contributed by atoms with Gasteiger partial charge in [-0.25, -0.2) is 14.2 Å². The maximum atomic E-state index is 13.5. The average molecular weight is 387 g/mol. The summed E-state index contributed by atoms with van der Waals surface area (Å²) in [5, 5.41) is 11.4. The molecule has 1 N–H and O–H groups in total. The van der Waals surface area contributed by atoms with Gasteiger partial charge in [0.25, 0.3) is 0 Å². The Morgan fingerprint density at radius 2 is 2.10 bits per heavy atom. The topological polar surface area (TPSA) is 50.2 Å². The molecule has 0 saturated heterocycles. The lowest BCUT2D eigenvalue weighted by Gasteiger charge is -2.07. The van der Waals surface area contributed by atoms with Crippen molar-refractivity contribution in [3.63, 3.8) is 0 Å². The lowest BCUT2D eigenvalue weighted by Crippen LogP contribution is -2.01. The van der Waals surface area contributed by atoms with Gasteiger partial charge in [-0.05, 0) is 40.2 Å². The number of hydrogen-bond donors (Lipinski definition) is 1. The number of thiophene rings is 1. The molecule has 7 heteroatoms. The zero-order valence-corrected chi connectivity index (χ0v) is 13.4. The lowest BCUT2D eigenvalue weighted by molar-refractivity contribution is 0.0699. The van der Waals surface area contributed by atoms with E-state index in [9.17, 15) is 14.3 Å². The van der Waals surface area contributed by atoms with Crippen molar-refractivity contribution in [2.75, 3.05) is 0 Å². The van der Waals surface area contributed by atoms with E-state index in [1.54, 1.807) is 11.4 Å². The highest BCUT2D eigenvalue weighted by atomic mass is 79.9. The third kappa shape index (κ3) is 2.66. The average Bonchev–Trinajstić information content (AvgIpc) is 2.84. The molecule has 2 aromatic heterocycles. The Kier molecular flexibility index (Phi) is 3.69. The fraction of sp³-hybridized carbons (Fsp3) is 0. The number of carboxylic acid groups (broad SMARTS) is 1. The van der Waals surface area contributed by atoms with Crippen LogP contribution >= 0.6 is 38.9 Å². The predicted octanol–water partition coefficient (Wildman–Crippen LogP) is 5.22. The van der Waals surface area contributed by atoms with Gasteiger partial charge in [0.1, 0.15) is 5.82 Å². The second-order valence-electron chi connectivity index (χ2n) is 4.28. The van der Waals surface area contributed by atoms with E-state index in [0.717, 1.165) is 5.56 Å². The molecule has 0 spiro atoms. The first kappa shape index (κ1) is 14.4. The number of pyridine rings is 1. The number of hydrogen-bond acceptors (Lipinski definition) is 3. The number of carboxylic acids is 1. The molecule has 0 amide bonds. The summed E-state index contributed by atoms with van der Waals surface area (Å²) in [6, 6.07) is 5.56. The summed E-state index contributed by atoms with van der Waals surface area (Å²) >= 11 is 10.5. The van der Waals surface area contributed by atoms with E-state index >= 15 is 0 Å². The molecule has 1 aromatic carbocycles. The molecule has 21 heavy (non-hydrogen) atoms. The summed E-state index contributed by atoms with van der Waals surface area (Å²) in [7, 11) is 0. The van der Waals surface area contributed by atoms with E-state index in [1.165, 1.54) is 29.5 Å². The van der Waals surface area contributed by atoms with Crippen LogP contribution in [0.4, 0.5) is 4.39 Å². The quantitative estimate of drug-likeness (QED) is 0.657. The first-order valence-electron chi connectivity index (χ1n) is 5.73. The Morgan fingerprint density at radius 1 is 1.33 bits per heavy atom. The van der Waals surface area contributed by atoms with Gasteiger partial charge in [0.2, 0.25) is 0 Å². The molecular weight excluding hydrogens is 381 g/mol. The molecule has 0 atom stereocenters. The van der Waals surface area contributed by atoms with Gasteiger partial charge in [0.05, 0.1) is 21.1 Å². The monoisotopic (exact) mass is 385 g/mol. The summed E-state index contributed by atoms with van der Waals surface area (Å²) in [6.45, 7) is 0. The molecule has 0 aliphatic heterocycles. The van der Waals surface area contributed by atoms with E-state index in [1.807, 2.05) is 0 Å². The number of halogens is 3. The van der Waals surface area contributed by atoms with Crippen LogP contribution in [0.1, 0.15) is 10.4 Å². The Hall–Kier alpha value is -1.50. The molecule has 0 fully saturated rings. The predicted molar refractivity (Wildman–Crippen MR) is 84.7 cm³/mol. The fourth-order valence-electron chi connectivity index (χ4n) is 2.02. The summed E-state index contributed by atoms with van der Waals surface area (Å²) in [6.07, 6.45) is 0. The molecular formula is C14H6BrClFNO2S. The zero-order valence-electron chi connectivity index (χ0n) is 10.2. The van der Waals surface area contributed by atoms with E-state index < -0.39 is 11.8 Å². The molecule has 106 valence electrons. The van der Waals surface area contributed by atoms with Crippen molar-refractivity contribution < 1.29 is 14.3 Å². The van der Waals surface area contributed by atoms with Gasteiger partial charge >= 0.3 is 5.97 Å². The van der Waals surface area contributed by atoms with Gasteiger partial charge in [-0.1, -0.05) is 11.6 Å². The first-order chi connectivity index (χ1) is 9.95. The van der Waals surface area contributed by atoms with Crippen molar-refractivity contribution in [3.05, 3.63) is 49.8 Å². The fourth-order valence-corrected chi connectivity index (χ4v) is 3.42. The minimum atomic E-state index is -1.14. The van der Waals surface area contributed by atoms with Crippen LogP contribution in [0, 0.1) is 5.82 Å². The summed E-state index contributed by atoms with van der Waals surface area (Å²) in [4.78, 5) is 15.9. The highest BCUT2D eigenvalue weighted by Crippen LogP contribution is 2.33. The molecule has 3 rings (SSSR count). The third-order valence-corrected chi connectivity index (χ3v) is 4.62. The summed E-state index contributed by atoms with van der Waals surface area (Å²) in [5.41, 5.74) is 1.60. The Labute approximate surface area is 136 Å². The highest BCUT2D eigenvalue weighted by Gasteiger charge is 2.16. The smallest absolute Gasteiger partial charge is 0.336 e. The van der Waals surface area contributed by atoms with Gasteiger partial charge in [-0.3, -0.25) is 0 Å². The number of nitrogens with zero attached hydrogens (tertiary/aromatic N) is 1. The van der Waals surface area contributed by atoms with Gasteiger partial charge in [0, 0.05) is 20.8 Å². The van der Waals surface area contributed by atoms with Crippen molar-refractivity contribution in [1.82, 2.24) is 4.98 Å². The molecule has 0 unspecified atom stereocenters. The van der Waals surface area contributed by atoms with Gasteiger partial charge in [-0.15, -0.1) is 11.3 Å². The number of benzene rings is 1. The van der Waals surface area contributed by atoms with E-state index in [2.05, 4.69) is 20.9 Å². The Bertz CT molecular complexity index is 881. The van der Waals surface area contributed by atoms with Crippen LogP contribution in [0.3, 0.4) is 0 Å². The number of aromatic carboxylic acids is 1. The zero-order chi connectivity index (χ0) is 15.1. The van der Waals surface area contributed by atoms with Gasteiger partial charge < -0.3 is 5.11 Å². The second kappa shape index (κ2) is 5.36.